The molecule has 20 heavy (non-hydrogen) atoms. The van der Waals surface area contributed by atoms with Crippen molar-refractivity contribution in [2.75, 3.05) is 13.1 Å². The molecule has 0 bridgehead atoms. The van der Waals surface area contributed by atoms with E-state index in [-0.39, 0.29) is 18.0 Å². The van der Waals surface area contributed by atoms with Gasteiger partial charge >= 0.3 is 0 Å². The average Bonchev–Trinajstić information content (AvgIpc) is 2.91. The lowest BCUT2D eigenvalue weighted by Crippen LogP contribution is -2.44. The summed E-state index contributed by atoms with van der Waals surface area (Å²) in [6.45, 7) is 0.963. The van der Waals surface area contributed by atoms with E-state index in [1.54, 1.807) is 11.0 Å². The number of carbonyl (C=O) groups excluding carboxylic acids is 1. The summed E-state index contributed by atoms with van der Waals surface area (Å²) < 4.78 is 1.33. The summed E-state index contributed by atoms with van der Waals surface area (Å²) in [6, 6.07) is 1.72. The van der Waals surface area contributed by atoms with E-state index in [0.29, 0.717) is 23.3 Å². The lowest BCUT2D eigenvalue weighted by molar-refractivity contribution is -0.134. The SMILES string of the molecule is O=C(Cn1cnc2sccc2c1=O)N1CCC[C@H](O)C1. The topological polar surface area (TPSA) is 75.4 Å². The predicted molar refractivity (Wildman–Crippen MR) is 75.7 cm³/mol. The number of hydrogen-bond donors (Lipinski definition) is 1. The molecule has 1 aliphatic rings. The number of likely N-dealkylation sites (tertiary alicyclic amines) is 1. The number of carbonyl (C=O) groups is 1. The molecule has 0 aliphatic carbocycles. The van der Waals surface area contributed by atoms with Gasteiger partial charge in [0, 0.05) is 13.1 Å². The summed E-state index contributed by atoms with van der Waals surface area (Å²) in [5, 5.41) is 11.9. The van der Waals surface area contributed by atoms with Crippen LogP contribution in [0.3, 0.4) is 0 Å². The maximum absolute atomic E-state index is 12.2. The molecule has 2 aromatic rings. The van der Waals surface area contributed by atoms with Crippen molar-refractivity contribution in [2.45, 2.75) is 25.5 Å². The third kappa shape index (κ3) is 2.46. The quantitative estimate of drug-likeness (QED) is 0.872. The molecular formula is C13H15N3O3S. The molecular weight excluding hydrogens is 278 g/mol. The van der Waals surface area contributed by atoms with Gasteiger partial charge in [-0.05, 0) is 24.3 Å². The monoisotopic (exact) mass is 293 g/mol. The van der Waals surface area contributed by atoms with Crippen LogP contribution >= 0.6 is 11.3 Å². The fourth-order valence-corrected chi connectivity index (χ4v) is 3.16. The Morgan fingerprint density at radius 2 is 2.40 bits per heavy atom. The summed E-state index contributed by atoms with van der Waals surface area (Å²) in [6.07, 6.45) is 2.48. The van der Waals surface area contributed by atoms with Crippen molar-refractivity contribution in [1.82, 2.24) is 14.5 Å². The Morgan fingerprint density at radius 1 is 1.55 bits per heavy atom. The van der Waals surface area contributed by atoms with Crippen molar-refractivity contribution >= 4 is 27.5 Å². The summed E-state index contributed by atoms with van der Waals surface area (Å²) in [4.78, 5) is 30.8. The Balaban J connectivity index is 1.80. The zero-order chi connectivity index (χ0) is 14.1. The first-order valence-corrected chi connectivity index (χ1v) is 7.41. The molecule has 0 spiro atoms. The first-order chi connectivity index (χ1) is 9.65. The molecule has 3 heterocycles. The molecule has 0 aromatic carbocycles. The molecule has 1 atom stereocenters. The summed E-state index contributed by atoms with van der Waals surface area (Å²) in [5.41, 5.74) is -0.192. The minimum Gasteiger partial charge on any atom is -0.391 e. The number of nitrogens with zero attached hydrogens (tertiary/aromatic N) is 3. The van der Waals surface area contributed by atoms with Crippen molar-refractivity contribution < 1.29 is 9.90 Å². The molecule has 1 amide bonds. The van der Waals surface area contributed by atoms with Gasteiger partial charge in [-0.3, -0.25) is 14.2 Å². The number of aliphatic hydroxyl groups is 1. The van der Waals surface area contributed by atoms with Crippen LogP contribution in [0.4, 0.5) is 0 Å². The van der Waals surface area contributed by atoms with Gasteiger partial charge in [0.05, 0.1) is 17.8 Å². The number of hydrogen-bond acceptors (Lipinski definition) is 5. The zero-order valence-electron chi connectivity index (χ0n) is 10.9. The van der Waals surface area contributed by atoms with Crippen molar-refractivity contribution in [2.24, 2.45) is 0 Å². The Labute approximate surface area is 119 Å². The fraction of sp³-hybridized carbons (Fsp3) is 0.462. The lowest BCUT2D eigenvalue weighted by Gasteiger charge is -2.30. The standard InChI is InChI=1S/C13H15N3O3S/c17-9-2-1-4-15(6-9)11(18)7-16-8-14-12-10(13(16)19)3-5-20-12/h3,5,8-9,17H,1-2,4,6-7H2/t9-/m0/s1. The second-order valence-corrected chi connectivity index (χ2v) is 5.85. The van der Waals surface area contributed by atoms with Crippen LogP contribution in [0.5, 0.6) is 0 Å². The normalized spacial score (nSPS) is 19.4. The molecule has 1 saturated heterocycles. The van der Waals surface area contributed by atoms with Crippen molar-refractivity contribution in [1.29, 1.82) is 0 Å². The molecule has 1 fully saturated rings. The maximum atomic E-state index is 12.2. The van der Waals surface area contributed by atoms with Crippen molar-refractivity contribution in [3.05, 3.63) is 28.1 Å². The smallest absolute Gasteiger partial charge is 0.262 e. The van der Waals surface area contributed by atoms with Gasteiger partial charge in [-0.15, -0.1) is 11.3 Å². The highest BCUT2D eigenvalue weighted by atomic mass is 32.1. The Morgan fingerprint density at radius 3 is 3.20 bits per heavy atom. The number of amides is 1. The molecule has 3 rings (SSSR count). The second-order valence-electron chi connectivity index (χ2n) is 4.95. The van der Waals surface area contributed by atoms with Gasteiger partial charge in [0.2, 0.25) is 5.91 Å². The van der Waals surface area contributed by atoms with Gasteiger partial charge in [-0.2, -0.15) is 0 Å². The first-order valence-electron chi connectivity index (χ1n) is 6.53. The highest BCUT2D eigenvalue weighted by Gasteiger charge is 2.22. The van der Waals surface area contributed by atoms with Crippen LogP contribution in [0.1, 0.15) is 12.8 Å². The minimum atomic E-state index is -0.457. The average molecular weight is 293 g/mol. The molecule has 0 unspecified atom stereocenters. The number of fused-ring (bicyclic) bond motifs is 1. The van der Waals surface area contributed by atoms with Crippen LogP contribution in [0.15, 0.2) is 22.6 Å². The van der Waals surface area contributed by atoms with E-state index in [1.165, 1.54) is 22.2 Å². The van der Waals surface area contributed by atoms with Crippen LogP contribution in [-0.4, -0.2) is 44.7 Å². The summed E-state index contributed by atoms with van der Waals surface area (Å²) >= 11 is 1.40. The second kappa shape index (κ2) is 5.34. The van der Waals surface area contributed by atoms with E-state index in [0.717, 1.165) is 12.8 Å². The van der Waals surface area contributed by atoms with Gasteiger partial charge in [-0.1, -0.05) is 0 Å². The molecule has 7 heteroatoms. The van der Waals surface area contributed by atoms with Gasteiger partial charge in [0.25, 0.3) is 5.56 Å². The summed E-state index contributed by atoms with van der Waals surface area (Å²) in [7, 11) is 0. The van der Waals surface area contributed by atoms with Gasteiger partial charge in [0.1, 0.15) is 11.4 Å². The first kappa shape index (κ1) is 13.3. The zero-order valence-corrected chi connectivity index (χ0v) is 11.7. The Hall–Kier alpha value is -1.73. The van der Waals surface area contributed by atoms with Crippen molar-refractivity contribution in [3.63, 3.8) is 0 Å². The van der Waals surface area contributed by atoms with E-state index < -0.39 is 6.10 Å². The molecule has 0 radical (unpaired) electrons. The summed E-state index contributed by atoms with van der Waals surface area (Å²) in [5.74, 6) is -0.151. The highest BCUT2D eigenvalue weighted by molar-refractivity contribution is 7.16. The van der Waals surface area contributed by atoms with E-state index >= 15 is 0 Å². The van der Waals surface area contributed by atoms with Gasteiger partial charge in [-0.25, -0.2) is 4.98 Å². The highest BCUT2D eigenvalue weighted by Crippen LogP contribution is 2.14. The Kier molecular flexibility index (Phi) is 3.54. The van der Waals surface area contributed by atoms with Crippen LogP contribution in [-0.2, 0) is 11.3 Å². The maximum Gasteiger partial charge on any atom is 0.262 e. The number of aromatic nitrogens is 2. The number of rotatable bonds is 2. The molecule has 2 aromatic heterocycles. The van der Waals surface area contributed by atoms with E-state index in [2.05, 4.69) is 4.98 Å². The lowest BCUT2D eigenvalue weighted by atomic mass is 10.1. The van der Waals surface area contributed by atoms with Crippen LogP contribution in [0, 0.1) is 0 Å². The van der Waals surface area contributed by atoms with Crippen LogP contribution in [0.25, 0.3) is 10.2 Å². The predicted octanol–water partition coefficient (Wildman–Crippen LogP) is 0.441. The van der Waals surface area contributed by atoms with E-state index in [4.69, 9.17) is 0 Å². The molecule has 1 aliphatic heterocycles. The van der Waals surface area contributed by atoms with E-state index in [1.807, 2.05) is 5.38 Å². The van der Waals surface area contributed by atoms with Crippen LogP contribution < -0.4 is 5.56 Å². The largest absolute Gasteiger partial charge is 0.391 e. The Bertz CT molecular complexity index is 693. The third-order valence-electron chi connectivity index (χ3n) is 3.51. The van der Waals surface area contributed by atoms with Gasteiger partial charge < -0.3 is 10.0 Å². The minimum absolute atomic E-state index is 0.0235. The molecule has 0 saturated carbocycles. The number of β-amino-alcohol motifs (C(OH)–C–C–N with tert-alkyl or cyclic N) is 1. The van der Waals surface area contributed by atoms with Crippen LogP contribution in [0.2, 0.25) is 0 Å². The number of piperidine rings is 1. The number of aliphatic hydroxyl groups excluding tert-OH is 1. The molecule has 6 nitrogen and oxygen atoms in total. The molecule has 106 valence electrons. The third-order valence-corrected chi connectivity index (χ3v) is 4.33. The number of thiophene rings is 1. The van der Waals surface area contributed by atoms with E-state index in [9.17, 15) is 14.7 Å². The fourth-order valence-electron chi connectivity index (χ4n) is 2.43. The van der Waals surface area contributed by atoms with Crippen molar-refractivity contribution in [3.8, 4) is 0 Å². The van der Waals surface area contributed by atoms with Gasteiger partial charge in [0.15, 0.2) is 0 Å². The molecule has 1 N–H and O–H groups in total.